The van der Waals surface area contributed by atoms with Crippen molar-refractivity contribution in [2.24, 2.45) is 0 Å². The van der Waals surface area contributed by atoms with Gasteiger partial charge in [0, 0.05) is 27.3 Å². The second-order valence-corrected chi connectivity index (χ2v) is 2.53. The molecule has 0 spiro atoms. The molecule has 2 heteroatoms. The van der Waals surface area contributed by atoms with Gasteiger partial charge in [-0.3, -0.25) is 4.98 Å². The molecule has 0 saturated heterocycles. The van der Waals surface area contributed by atoms with Gasteiger partial charge in [-0.05, 0) is 40.8 Å². The number of nitrogens with zero attached hydrogens (tertiary/aromatic N) is 1. The number of aryl methyl sites for hydroxylation is 2. The molecule has 0 N–H and O–H groups in total. The third-order valence-corrected chi connectivity index (χ3v) is 1.62. The topological polar surface area (TPSA) is 12.9 Å². The van der Waals surface area contributed by atoms with Crippen LogP contribution in [-0.2, 0) is 6.37 Å². The van der Waals surface area contributed by atoms with E-state index >= 15 is 0 Å². The largest absolute Gasteiger partial charge is 0.260 e. The molecule has 1 nitrogen and oxygen atoms in total. The summed E-state index contributed by atoms with van der Waals surface area (Å²) in [4.78, 5) is 3.66. The predicted molar refractivity (Wildman–Crippen MR) is 46.1 cm³/mol. The molecule has 1 heterocycles. The molecular weight excluding hydrogens is 190 g/mol. The maximum absolute atomic E-state index is 7.53. The number of pyridine rings is 1. The molecule has 0 unspecified atom stereocenters. The molecule has 0 aliphatic heterocycles. The molecule has 1 rings (SSSR count). The molecule has 0 aromatic carbocycles. The molecule has 10 heavy (non-hydrogen) atoms. The van der Waals surface area contributed by atoms with Crippen LogP contribution in [0.2, 0.25) is 0 Å². The van der Waals surface area contributed by atoms with E-state index in [0.29, 0.717) is 0 Å². The fraction of sp³-hybridized carbons (Fsp3) is 0.375. The average Bonchev–Trinajstić information content (AvgIpc) is 2.14. The summed E-state index contributed by atoms with van der Waals surface area (Å²) in [5, 5.41) is 0. The Kier molecular flexibility index (Phi) is 0.727. The molecule has 0 bridgehead atoms. The molecule has 0 atom stereocenters. The van der Waals surface area contributed by atoms with Crippen molar-refractivity contribution in [1.82, 2.24) is 4.98 Å². The van der Waals surface area contributed by atoms with Gasteiger partial charge in [0.2, 0.25) is 0 Å². The van der Waals surface area contributed by atoms with E-state index in [0.717, 1.165) is 12.3 Å². The maximum atomic E-state index is 7.53. The zero-order chi connectivity index (χ0) is 14.4. The van der Waals surface area contributed by atoms with E-state index in [-0.39, 0.29) is 10.0 Å². The van der Waals surface area contributed by atoms with Crippen LogP contribution in [0.5, 0.6) is 0 Å². The van der Waals surface area contributed by atoms with Crippen LogP contribution in [0, 0.1) is 6.85 Å². The first-order valence-corrected chi connectivity index (χ1v) is 3.33. The lowest BCUT2D eigenvalue weighted by Gasteiger charge is -1.98. The lowest BCUT2D eigenvalue weighted by molar-refractivity contribution is 1.02. The van der Waals surface area contributed by atoms with E-state index in [1.165, 1.54) is 0 Å². The molecule has 0 aliphatic carbocycles. The minimum Gasteiger partial charge on any atom is -0.260 e. The third kappa shape index (κ3) is 1.57. The number of halogens is 1. The van der Waals surface area contributed by atoms with Gasteiger partial charge in [-0.2, -0.15) is 0 Å². The number of aromatic nitrogens is 1. The zero-order valence-electron chi connectivity index (χ0n) is 13.0. The highest BCUT2D eigenvalue weighted by Crippen LogP contribution is 2.14. The predicted octanol–water partition coefficient (Wildman–Crippen LogP) is 2.71. The molecule has 0 amide bonds. The summed E-state index contributed by atoms with van der Waals surface area (Å²) in [6.07, 6.45) is -1.60. The van der Waals surface area contributed by atoms with E-state index in [4.69, 9.17) is 11.0 Å². The second-order valence-electron chi connectivity index (χ2n) is 1.67. The van der Waals surface area contributed by atoms with Crippen molar-refractivity contribution < 1.29 is 11.0 Å². The Morgan fingerprint density at radius 3 is 3.50 bits per heavy atom. The highest BCUT2D eigenvalue weighted by atomic mass is 79.9. The quantitative estimate of drug-likeness (QED) is 0.691. The summed E-state index contributed by atoms with van der Waals surface area (Å²) in [5.41, 5.74) is -0.586. The van der Waals surface area contributed by atoms with E-state index in [1.54, 1.807) is 0 Å². The standard InChI is InChI=1S/C8H10BrN/c1-3-7-4-6(2)8(9)5-10-7/h4-5H,3H2,1-2H3/i1D3,2D3,3D2. The van der Waals surface area contributed by atoms with Crippen molar-refractivity contribution in [3.63, 3.8) is 0 Å². The van der Waals surface area contributed by atoms with Gasteiger partial charge in [0.05, 0.1) is 0 Å². The summed E-state index contributed by atoms with van der Waals surface area (Å²) in [6.45, 7) is -5.39. The summed E-state index contributed by atoms with van der Waals surface area (Å²) in [5.74, 6) is 0. The average molecular weight is 208 g/mol. The highest BCUT2D eigenvalue weighted by molar-refractivity contribution is 9.10. The summed E-state index contributed by atoms with van der Waals surface area (Å²) < 4.78 is 58.5. The van der Waals surface area contributed by atoms with E-state index in [9.17, 15) is 0 Å². The molecule has 54 valence electrons. The molecule has 1 aromatic heterocycles. The third-order valence-electron chi connectivity index (χ3n) is 0.983. The van der Waals surface area contributed by atoms with Crippen LogP contribution in [0.4, 0.5) is 0 Å². The summed E-state index contributed by atoms with van der Waals surface area (Å²) >= 11 is 3.00. The van der Waals surface area contributed by atoms with Crippen LogP contribution in [0.15, 0.2) is 16.7 Å². The van der Waals surface area contributed by atoms with Gasteiger partial charge in [-0.1, -0.05) is 6.85 Å². The first-order valence-electron chi connectivity index (χ1n) is 6.54. The molecule has 0 saturated carbocycles. The van der Waals surface area contributed by atoms with Crippen LogP contribution in [0.3, 0.4) is 0 Å². The van der Waals surface area contributed by atoms with Gasteiger partial charge >= 0.3 is 0 Å². The SMILES string of the molecule is [2H]C([2H])([2H])c1cc(C([2H])([2H])C([2H])([2H])[2H])ncc1Br. The van der Waals surface area contributed by atoms with Crippen molar-refractivity contribution in [3.8, 4) is 0 Å². The van der Waals surface area contributed by atoms with Gasteiger partial charge in [-0.15, -0.1) is 0 Å². The molecular formula is C8H10BrN. The first-order chi connectivity index (χ1) is 7.87. The molecule has 0 radical (unpaired) electrons. The van der Waals surface area contributed by atoms with Gasteiger partial charge in [0.15, 0.2) is 0 Å². The van der Waals surface area contributed by atoms with Crippen LogP contribution >= 0.6 is 15.9 Å². The summed E-state index contributed by atoms with van der Waals surface area (Å²) in [7, 11) is 0. The van der Waals surface area contributed by atoms with E-state index in [2.05, 4.69) is 20.9 Å². The van der Waals surface area contributed by atoms with Crippen molar-refractivity contribution in [2.75, 3.05) is 0 Å². The monoisotopic (exact) mass is 207 g/mol. The Labute approximate surface area is 80.9 Å². The van der Waals surface area contributed by atoms with Crippen LogP contribution < -0.4 is 0 Å². The number of hydrogen-bond acceptors (Lipinski definition) is 1. The Morgan fingerprint density at radius 1 is 1.90 bits per heavy atom. The zero-order valence-corrected chi connectivity index (χ0v) is 6.57. The van der Waals surface area contributed by atoms with Crippen LogP contribution in [-0.4, -0.2) is 4.98 Å². The molecule has 0 aliphatic rings. The minimum atomic E-state index is -2.92. The van der Waals surface area contributed by atoms with Crippen LogP contribution in [0.25, 0.3) is 0 Å². The summed E-state index contributed by atoms with van der Waals surface area (Å²) in [6, 6.07) is 0.962. The second kappa shape index (κ2) is 3.15. The van der Waals surface area contributed by atoms with Crippen molar-refractivity contribution >= 4 is 15.9 Å². The Morgan fingerprint density at radius 2 is 2.80 bits per heavy atom. The van der Waals surface area contributed by atoms with Crippen LogP contribution in [0.1, 0.15) is 29.1 Å². The lowest BCUT2D eigenvalue weighted by atomic mass is 10.2. The smallest absolute Gasteiger partial charge is 0.0416 e. The van der Waals surface area contributed by atoms with Crippen molar-refractivity contribution in [1.29, 1.82) is 0 Å². The highest BCUT2D eigenvalue weighted by Gasteiger charge is 1.94. The van der Waals surface area contributed by atoms with Crippen molar-refractivity contribution in [3.05, 3.63) is 28.0 Å². The fourth-order valence-corrected chi connectivity index (χ4v) is 0.724. The Balaban J connectivity index is 3.38. The number of rotatable bonds is 1. The number of hydrogen-bond donors (Lipinski definition) is 0. The minimum absolute atomic E-state index is 0.166. The van der Waals surface area contributed by atoms with Gasteiger partial charge < -0.3 is 0 Å². The molecule has 0 fully saturated rings. The van der Waals surface area contributed by atoms with E-state index < -0.39 is 25.8 Å². The van der Waals surface area contributed by atoms with Crippen molar-refractivity contribution in [2.45, 2.75) is 20.1 Å². The Hall–Kier alpha value is -0.370. The van der Waals surface area contributed by atoms with Gasteiger partial charge in [0.25, 0.3) is 0 Å². The normalized spacial score (nSPS) is 25.7. The van der Waals surface area contributed by atoms with E-state index in [1.807, 2.05) is 0 Å². The Bertz CT molecular complexity index is 449. The maximum Gasteiger partial charge on any atom is 0.0416 e. The fourth-order valence-electron chi connectivity index (χ4n) is 0.507. The van der Waals surface area contributed by atoms with Gasteiger partial charge in [0.1, 0.15) is 0 Å². The molecule has 1 aromatic rings. The first kappa shape index (κ1) is 2.31. The van der Waals surface area contributed by atoms with Gasteiger partial charge in [-0.25, -0.2) is 0 Å². The lowest BCUT2D eigenvalue weighted by Crippen LogP contribution is -1.87.